The number of carbonyl (C=O) groups excluding carboxylic acids is 1. The number of hydrogen-bond donors (Lipinski definition) is 1. The van der Waals surface area contributed by atoms with Crippen molar-refractivity contribution in [2.24, 2.45) is 0 Å². The molecule has 0 saturated carbocycles. The molecule has 10 heteroatoms. The first-order chi connectivity index (χ1) is 14.3. The van der Waals surface area contributed by atoms with Gasteiger partial charge in [0, 0.05) is 17.1 Å². The van der Waals surface area contributed by atoms with Gasteiger partial charge < -0.3 is 9.88 Å². The topological polar surface area (TPSA) is 59.8 Å². The van der Waals surface area contributed by atoms with Gasteiger partial charge in [-0.1, -0.05) is 42.4 Å². The lowest BCUT2D eigenvalue weighted by Gasteiger charge is -2.13. The predicted molar refractivity (Wildman–Crippen MR) is 112 cm³/mol. The Bertz CT molecular complexity index is 1020. The number of anilines is 1. The van der Waals surface area contributed by atoms with Gasteiger partial charge in [0.15, 0.2) is 11.0 Å². The van der Waals surface area contributed by atoms with E-state index in [1.165, 1.54) is 18.2 Å². The Labute approximate surface area is 180 Å². The number of amides is 1. The van der Waals surface area contributed by atoms with Gasteiger partial charge in [-0.2, -0.15) is 13.2 Å². The van der Waals surface area contributed by atoms with Gasteiger partial charge in [0.1, 0.15) is 0 Å². The molecule has 0 atom stereocenters. The molecule has 0 aliphatic rings. The van der Waals surface area contributed by atoms with Gasteiger partial charge in [-0.15, -0.1) is 10.2 Å². The second-order valence-electron chi connectivity index (χ2n) is 6.34. The molecule has 0 saturated heterocycles. The van der Waals surface area contributed by atoms with Crippen LogP contribution in [0.3, 0.4) is 0 Å². The van der Waals surface area contributed by atoms with Crippen LogP contribution >= 0.6 is 23.4 Å². The van der Waals surface area contributed by atoms with E-state index in [0.29, 0.717) is 22.5 Å². The Hall–Kier alpha value is -2.52. The van der Waals surface area contributed by atoms with Crippen molar-refractivity contribution >= 4 is 35.0 Å². The maximum absolute atomic E-state index is 13.1. The SMILES string of the molecule is CCCn1c(SCC(=O)Nc2ccccc2C(F)(F)F)nnc1-c1ccc(Cl)cc1. The Kier molecular flexibility index (Phi) is 7.04. The average molecular weight is 455 g/mol. The standard InChI is InChI=1S/C20H18ClF3N4OS/c1-2-11-28-18(13-7-9-14(21)10-8-13)26-27-19(28)30-12-17(29)25-16-6-4-3-5-15(16)20(22,23)24/h3-10H,2,11-12H2,1H3,(H,25,29). The fourth-order valence-electron chi connectivity index (χ4n) is 2.79. The van der Waals surface area contributed by atoms with E-state index in [0.717, 1.165) is 29.8 Å². The molecule has 0 fully saturated rings. The van der Waals surface area contributed by atoms with Crippen LogP contribution in [0.1, 0.15) is 18.9 Å². The molecule has 3 rings (SSSR count). The number of thioether (sulfide) groups is 1. The highest BCUT2D eigenvalue weighted by molar-refractivity contribution is 7.99. The molecule has 158 valence electrons. The minimum Gasteiger partial charge on any atom is -0.325 e. The van der Waals surface area contributed by atoms with Crippen molar-refractivity contribution in [3.63, 3.8) is 0 Å². The van der Waals surface area contributed by atoms with Crippen LogP contribution in [0.4, 0.5) is 18.9 Å². The number of nitrogens with one attached hydrogen (secondary N) is 1. The van der Waals surface area contributed by atoms with E-state index in [1.54, 1.807) is 12.1 Å². The lowest BCUT2D eigenvalue weighted by molar-refractivity contribution is -0.137. The molecule has 0 unspecified atom stereocenters. The van der Waals surface area contributed by atoms with E-state index in [1.807, 2.05) is 23.6 Å². The molecule has 2 aromatic carbocycles. The minimum absolute atomic E-state index is 0.103. The Balaban J connectivity index is 1.73. The first-order valence-electron chi connectivity index (χ1n) is 9.07. The second kappa shape index (κ2) is 9.53. The van der Waals surface area contributed by atoms with Crippen LogP contribution in [0, 0.1) is 0 Å². The number of alkyl halides is 3. The molecule has 1 amide bonds. The van der Waals surface area contributed by atoms with E-state index in [4.69, 9.17) is 11.6 Å². The quantitative estimate of drug-likeness (QED) is 0.461. The molecular weight excluding hydrogens is 437 g/mol. The molecule has 0 bridgehead atoms. The van der Waals surface area contributed by atoms with Gasteiger partial charge >= 0.3 is 6.18 Å². The predicted octanol–water partition coefficient (Wildman–Crippen LogP) is 5.76. The van der Waals surface area contributed by atoms with Gasteiger partial charge in [-0.25, -0.2) is 0 Å². The zero-order valence-corrected chi connectivity index (χ0v) is 17.5. The monoisotopic (exact) mass is 454 g/mol. The lowest BCUT2D eigenvalue weighted by Crippen LogP contribution is -2.18. The number of rotatable bonds is 7. The van der Waals surface area contributed by atoms with Crippen molar-refractivity contribution in [1.29, 1.82) is 0 Å². The van der Waals surface area contributed by atoms with E-state index < -0.39 is 17.6 Å². The molecule has 3 aromatic rings. The van der Waals surface area contributed by atoms with E-state index in [2.05, 4.69) is 15.5 Å². The Morgan fingerprint density at radius 3 is 2.50 bits per heavy atom. The first kappa shape index (κ1) is 22.2. The third-order valence-electron chi connectivity index (χ3n) is 4.11. The summed E-state index contributed by atoms with van der Waals surface area (Å²) in [6.45, 7) is 2.63. The van der Waals surface area contributed by atoms with Gasteiger partial charge in [-0.05, 0) is 42.8 Å². The molecule has 1 aromatic heterocycles. The zero-order valence-electron chi connectivity index (χ0n) is 15.9. The summed E-state index contributed by atoms with van der Waals surface area (Å²) in [5.41, 5.74) is -0.328. The number of benzene rings is 2. The fourth-order valence-corrected chi connectivity index (χ4v) is 3.68. The molecule has 0 aliphatic heterocycles. The summed E-state index contributed by atoms with van der Waals surface area (Å²) in [7, 11) is 0. The highest BCUT2D eigenvalue weighted by Gasteiger charge is 2.33. The Morgan fingerprint density at radius 2 is 1.83 bits per heavy atom. The molecule has 0 radical (unpaired) electrons. The summed E-state index contributed by atoms with van der Waals surface area (Å²) in [4.78, 5) is 12.3. The highest BCUT2D eigenvalue weighted by atomic mass is 35.5. The van der Waals surface area contributed by atoms with Crippen LogP contribution in [0.25, 0.3) is 11.4 Å². The van der Waals surface area contributed by atoms with Gasteiger partial charge in [0.25, 0.3) is 0 Å². The van der Waals surface area contributed by atoms with Crippen LogP contribution < -0.4 is 5.32 Å². The maximum Gasteiger partial charge on any atom is 0.418 e. The van der Waals surface area contributed by atoms with Crippen molar-refractivity contribution in [2.45, 2.75) is 31.2 Å². The van der Waals surface area contributed by atoms with Gasteiger partial charge in [0.05, 0.1) is 17.0 Å². The van der Waals surface area contributed by atoms with Crippen molar-refractivity contribution in [3.05, 3.63) is 59.1 Å². The summed E-state index contributed by atoms with van der Waals surface area (Å²) in [6, 6.07) is 12.0. The number of hydrogen-bond acceptors (Lipinski definition) is 4. The van der Waals surface area contributed by atoms with Crippen molar-refractivity contribution in [3.8, 4) is 11.4 Å². The summed E-state index contributed by atoms with van der Waals surface area (Å²) < 4.78 is 41.1. The number of carbonyl (C=O) groups is 1. The van der Waals surface area contributed by atoms with Crippen LogP contribution in [0.15, 0.2) is 53.7 Å². The molecular formula is C20H18ClF3N4OS. The van der Waals surface area contributed by atoms with E-state index in [-0.39, 0.29) is 11.4 Å². The van der Waals surface area contributed by atoms with Gasteiger partial charge in [-0.3, -0.25) is 4.79 Å². The second-order valence-corrected chi connectivity index (χ2v) is 7.72. The van der Waals surface area contributed by atoms with Crippen LogP contribution in [-0.2, 0) is 17.5 Å². The summed E-state index contributed by atoms with van der Waals surface area (Å²) in [5.74, 6) is -0.0242. The summed E-state index contributed by atoms with van der Waals surface area (Å²) >= 11 is 7.05. The smallest absolute Gasteiger partial charge is 0.325 e. The van der Waals surface area contributed by atoms with Crippen LogP contribution in [0.5, 0.6) is 0 Å². The average Bonchev–Trinajstić information content (AvgIpc) is 3.09. The first-order valence-corrected chi connectivity index (χ1v) is 10.4. The van der Waals surface area contributed by atoms with Crippen molar-refractivity contribution in [1.82, 2.24) is 14.8 Å². The number of nitrogens with zero attached hydrogens (tertiary/aromatic N) is 3. The molecule has 0 spiro atoms. The number of halogens is 4. The third kappa shape index (κ3) is 5.34. The van der Waals surface area contributed by atoms with Crippen LogP contribution in [-0.4, -0.2) is 26.4 Å². The lowest BCUT2D eigenvalue weighted by atomic mass is 10.1. The largest absolute Gasteiger partial charge is 0.418 e. The molecule has 0 aliphatic carbocycles. The van der Waals surface area contributed by atoms with Crippen molar-refractivity contribution < 1.29 is 18.0 Å². The highest BCUT2D eigenvalue weighted by Crippen LogP contribution is 2.34. The molecule has 1 heterocycles. The minimum atomic E-state index is -4.55. The zero-order chi connectivity index (χ0) is 21.7. The number of para-hydroxylation sites is 1. The molecule has 1 N–H and O–H groups in total. The third-order valence-corrected chi connectivity index (χ3v) is 5.32. The molecule has 30 heavy (non-hydrogen) atoms. The maximum atomic E-state index is 13.1. The number of aromatic nitrogens is 3. The van der Waals surface area contributed by atoms with Crippen molar-refractivity contribution in [2.75, 3.05) is 11.1 Å². The van der Waals surface area contributed by atoms with Crippen LogP contribution in [0.2, 0.25) is 5.02 Å². The fraction of sp³-hybridized carbons (Fsp3) is 0.250. The van der Waals surface area contributed by atoms with Gasteiger partial charge in [0.2, 0.25) is 5.91 Å². The summed E-state index contributed by atoms with van der Waals surface area (Å²) in [5, 5.41) is 11.8. The normalized spacial score (nSPS) is 11.5. The van der Waals surface area contributed by atoms with E-state index >= 15 is 0 Å². The van der Waals surface area contributed by atoms with E-state index in [9.17, 15) is 18.0 Å². The summed E-state index contributed by atoms with van der Waals surface area (Å²) in [6.07, 6.45) is -3.73. The molecule has 5 nitrogen and oxygen atoms in total. The Morgan fingerprint density at radius 1 is 1.13 bits per heavy atom.